The monoisotopic (exact) mass is 438 g/mol. The van der Waals surface area contributed by atoms with Gasteiger partial charge in [0.15, 0.2) is 0 Å². The zero-order valence-corrected chi connectivity index (χ0v) is 18.4. The van der Waals surface area contributed by atoms with Gasteiger partial charge in [0.25, 0.3) is 5.91 Å². The molecule has 1 aromatic heterocycles. The van der Waals surface area contributed by atoms with Crippen LogP contribution in [-0.2, 0) is 16.6 Å². The van der Waals surface area contributed by atoms with Gasteiger partial charge in [0, 0.05) is 30.6 Å². The number of rotatable bonds is 7. The summed E-state index contributed by atoms with van der Waals surface area (Å²) in [4.78, 5) is 14.5. The normalized spacial score (nSPS) is 15.3. The van der Waals surface area contributed by atoms with Crippen molar-refractivity contribution in [2.24, 2.45) is 5.92 Å². The molecule has 1 aliphatic rings. The molecule has 158 valence electrons. The van der Waals surface area contributed by atoms with E-state index in [4.69, 9.17) is 9.47 Å². The largest absolute Gasteiger partial charge is 0.497 e. The molecule has 0 aliphatic carbocycles. The van der Waals surface area contributed by atoms with Crippen LogP contribution < -0.4 is 14.2 Å². The van der Waals surface area contributed by atoms with E-state index in [0.29, 0.717) is 41.6 Å². The van der Waals surface area contributed by atoms with Gasteiger partial charge in [-0.2, -0.15) is 0 Å². The Morgan fingerprint density at radius 2 is 1.93 bits per heavy atom. The molecule has 1 N–H and O–H groups in total. The van der Waals surface area contributed by atoms with Crippen LogP contribution in [0.2, 0.25) is 0 Å². The fourth-order valence-electron chi connectivity index (χ4n) is 3.23. The van der Waals surface area contributed by atoms with Crippen LogP contribution in [0, 0.1) is 5.92 Å². The van der Waals surface area contributed by atoms with Crippen molar-refractivity contribution in [3.63, 3.8) is 0 Å². The number of likely N-dealkylation sites (tertiary alicyclic amines) is 1. The van der Waals surface area contributed by atoms with Crippen molar-refractivity contribution >= 4 is 27.3 Å². The summed E-state index contributed by atoms with van der Waals surface area (Å²) in [6, 6.07) is 6.65. The van der Waals surface area contributed by atoms with Gasteiger partial charge in [-0.05, 0) is 43.0 Å². The molecule has 7 nitrogen and oxygen atoms in total. The highest BCUT2D eigenvalue weighted by Gasteiger charge is 2.25. The number of ether oxygens (including phenoxy) is 2. The molecule has 0 atom stereocenters. The Morgan fingerprint density at radius 3 is 2.59 bits per heavy atom. The molecule has 2 aromatic rings. The summed E-state index contributed by atoms with van der Waals surface area (Å²) in [6.45, 7) is 3.66. The molecule has 1 saturated heterocycles. The first-order chi connectivity index (χ1) is 13.8. The molecular formula is C20H26N2O5S2. The van der Waals surface area contributed by atoms with Crippen molar-refractivity contribution in [3.8, 4) is 11.5 Å². The van der Waals surface area contributed by atoms with Crippen molar-refractivity contribution in [2.45, 2.75) is 30.5 Å². The van der Waals surface area contributed by atoms with Crippen molar-refractivity contribution in [2.75, 3.05) is 27.3 Å². The van der Waals surface area contributed by atoms with Crippen LogP contribution in [0.3, 0.4) is 0 Å². The third kappa shape index (κ3) is 5.09. The number of piperidine rings is 1. The lowest BCUT2D eigenvalue weighted by Crippen LogP contribution is -2.37. The van der Waals surface area contributed by atoms with Gasteiger partial charge in [-0.25, -0.2) is 13.1 Å². The Hall–Kier alpha value is -2.10. The summed E-state index contributed by atoms with van der Waals surface area (Å²) in [5.74, 6) is 1.69. The maximum absolute atomic E-state index is 12.7. The molecule has 0 spiro atoms. The zero-order chi connectivity index (χ0) is 21.0. The quantitative estimate of drug-likeness (QED) is 0.718. The average molecular weight is 439 g/mol. The summed E-state index contributed by atoms with van der Waals surface area (Å²) >= 11 is 1.05. The number of thiophene rings is 1. The van der Waals surface area contributed by atoms with E-state index in [0.717, 1.165) is 24.2 Å². The van der Waals surface area contributed by atoms with E-state index in [1.165, 1.54) is 13.2 Å². The van der Waals surface area contributed by atoms with Crippen molar-refractivity contribution in [3.05, 3.63) is 40.8 Å². The van der Waals surface area contributed by atoms with E-state index in [-0.39, 0.29) is 16.7 Å². The Morgan fingerprint density at radius 1 is 1.21 bits per heavy atom. The SMILES string of the molecule is COc1ccc(OC)c(CNS(=O)(=O)c2cc(C(=O)N3CCC(C)CC3)cs2)c1. The minimum atomic E-state index is -3.75. The van der Waals surface area contributed by atoms with Crippen molar-refractivity contribution < 1.29 is 22.7 Å². The molecule has 0 saturated carbocycles. The Kier molecular flexibility index (Phi) is 6.81. The summed E-state index contributed by atoms with van der Waals surface area (Å²) < 4.78 is 38.6. The number of hydrogen-bond acceptors (Lipinski definition) is 6. The molecule has 29 heavy (non-hydrogen) atoms. The van der Waals surface area contributed by atoms with E-state index in [1.807, 2.05) is 0 Å². The lowest BCUT2D eigenvalue weighted by molar-refractivity contribution is 0.0697. The minimum absolute atomic E-state index is 0.0495. The average Bonchev–Trinajstić information content (AvgIpc) is 3.23. The number of sulfonamides is 1. The van der Waals surface area contributed by atoms with Crippen LogP contribution >= 0.6 is 11.3 Å². The van der Waals surface area contributed by atoms with E-state index in [9.17, 15) is 13.2 Å². The maximum Gasteiger partial charge on any atom is 0.254 e. The zero-order valence-electron chi connectivity index (χ0n) is 16.8. The van der Waals surface area contributed by atoms with E-state index in [2.05, 4.69) is 11.6 Å². The summed E-state index contributed by atoms with van der Waals surface area (Å²) in [6.07, 6.45) is 1.95. The van der Waals surface area contributed by atoms with Crippen LogP contribution in [0.5, 0.6) is 11.5 Å². The number of nitrogens with one attached hydrogen (secondary N) is 1. The highest BCUT2D eigenvalue weighted by Crippen LogP contribution is 2.26. The Balaban J connectivity index is 1.70. The van der Waals surface area contributed by atoms with Gasteiger partial charge in [0.2, 0.25) is 10.0 Å². The highest BCUT2D eigenvalue weighted by molar-refractivity contribution is 7.91. The van der Waals surface area contributed by atoms with Crippen molar-refractivity contribution in [1.82, 2.24) is 9.62 Å². The predicted octanol–water partition coefficient (Wildman–Crippen LogP) is 3.12. The fraction of sp³-hybridized carbons (Fsp3) is 0.450. The van der Waals surface area contributed by atoms with Crippen LogP contribution in [0.4, 0.5) is 0 Å². The number of methoxy groups -OCH3 is 2. The lowest BCUT2D eigenvalue weighted by atomic mass is 9.99. The number of nitrogens with zero attached hydrogens (tertiary/aromatic N) is 1. The number of benzene rings is 1. The smallest absolute Gasteiger partial charge is 0.254 e. The summed E-state index contributed by atoms with van der Waals surface area (Å²) in [5.41, 5.74) is 1.08. The van der Waals surface area contributed by atoms with Gasteiger partial charge in [-0.15, -0.1) is 11.3 Å². The second-order valence-electron chi connectivity index (χ2n) is 7.13. The molecule has 9 heteroatoms. The molecule has 1 aliphatic heterocycles. The summed E-state index contributed by atoms with van der Waals surface area (Å²) in [7, 11) is -0.683. The summed E-state index contributed by atoms with van der Waals surface area (Å²) in [5, 5.41) is 1.61. The molecule has 1 amide bonds. The third-order valence-electron chi connectivity index (χ3n) is 5.10. The molecule has 0 unspecified atom stereocenters. The van der Waals surface area contributed by atoms with E-state index >= 15 is 0 Å². The van der Waals surface area contributed by atoms with Gasteiger partial charge >= 0.3 is 0 Å². The number of hydrogen-bond donors (Lipinski definition) is 1. The number of amides is 1. The standard InChI is InChI=1S/C20H26N2O5S2/c1-14-6-8-22(9-7-14)20(23)16-11-19(28-13-16)29(24,25)21-12-15-10-17(26-2)4-5-18(15)27-3/h4-5,10-11,13-14,21H,6-9,12H2,1-3H3. The lowest BCUT2D eigenvalue weighted by Gasteiger charge is -2.30. The first-order valence-corrected chi connectivity index (χ1v) is 11.8. The van der Waals surface area contributed by atoms with E-state index in [1.54, 1.807) is 35.6 Å². The molecule has 1 aromatic carbocycles. The van der Waals surface area contributed by atoms with E-state index < -0.39 is 10.0 Å². The molecule has 2 heterocycles. The topological polar surface area (TPSA) is 84.9 Å². The van der Waals surface area contributed by atoms with Crippen molar-refractivity contribution in [1.29, 1.82) is 0 Å². The molecular weight excluding hydrogens is 412 g/mol. The van der Waals surface area contributed by atoms with Gasteiger partial charge in [-0.1, -0.05) is 6.92 Å². The molecule has 0 radical (unpaired) electrons. The first-order valence-electron chi connectivity index (χ1n) is 9.42. The van der Waals surface area contributed by atoms with Crippen LogP contribution in [0.25, 0.3) is 0 Å². The highest BCUT2D eigenvalue weighted by atomic mass is 32.2. The van der Waals surface area contributed by atoms with Gasteiger partial charge < -0.3 is 14.4 Å². The molecule has 0 bridgehead atoms. The molecule has 1 fully saturated rings. The van der Waals surface area contributed by atoms with Crippen LogP contribution in [0.15, 0.2) is 33.9 Å². The van der Waals surface area contributed by atoms with Crippen LogP contribution in [-0.4, -0.2) is 46.5 Å². The Labute approximate surface area is 175 Å². The number of carbonyl (C=O) groups excluding carboxylic acids is 1. The van der Waals surface area contributed by atoms with Gasteiger partial charge in [-0.3, -0.25) is 4.79 Å². The fourth-order valence-corrected chi connectivity index (χ4v) is 5.43. The Bertz CT molecular complexity index is 963. The maximum atomic E-state index is 12.7. The van der Waals surface area contributed by atoms with Gasteiger partial charge in [0.1, 0.15) is 15.7 Å². The molecule has 3 rings (SSSR count). The third-order valence-corrected chi connectivity index (χ3v) is 7.94. The second-order valence-corrected chi connectivity index (χ2v) is 10.0. The number of carbonyl (C=O) groups is 1. The second kappa shape index (κ2) is 9.15. The minimum Gasteiger partial charge on any atom is -0.497 e. The van der Waals surface area contributed by atoms with Crippen LogP contribution in [0.1, 0.15) is 35.7 Å². The predicted molar refractivity (Wildman–Crippen MR) is 112 cm³/mol. The van der Waals surface area contributed by atoms with Gasteiger partial charge in [0.05, 0.1) is 19.8 Å². The first kappa shape index (κ1) is 21.6.